The molecule has 0 radical (unpaired) electrons. The van der Waals surface area contributed by atoms with E-state index in [-0.39, 0.29) is 0 Å². The molecule has 6 heteroatoms. The molecule has 0 aliphatic rings. The van der Waals surface area contributed by atoms with Crippen LogP contribution in [0, 0.1) is 0 Å². The van der Waals surface area contributed by atoms with E-state index in [2.05, 4.69) is 12.2 Å². The van der Waals surface area contributed by atoms with E-state index < -0.39 is 10.0 Å². The fraction of sp³-hybridized carbons (Fsp3) is 0.600. The van der Waals surface area contributed by atoms with Gasteiger partial charge >= 0.3 is 0 Å². The van der Waals surface area contributed by atoms with Gasteiger partial charge in [0.25, 0.3) is 0 Å². The second-order valence-electron chi connectivity index (χ2n) is 5.38. The minimum Gasteiger partial charge on any atom is -0.317 e. The zero-order valence-corrected chi connectivity index (χ0v) is 14.3. The molecule has 1 aromatic rings. The molecule has 1 N–H and O–H groups in total. The molecule has 5 nitrogen and oxygen atoms in total. The number of benzene rings is 1. The van der Waals surface area contributed by atoms with E-state index in [9.17, 15) is 8.42 Å². The molecule has 0 aliphatic carbocycles. The summed E-state index contributed by atoms with van der Waals surface area (Å²) >= 11 is 0. The van der Waals surface area contributed by atoms with E-state index in [0.29, 0.717) is 18.0 Å². The van der Waals surface area contributed by atoms with Gasteiger partial charge in [-0.25, -0.2) is 8.42 Å². The maximum absolute atomic E-state index is 12.4. The smallest absolute Gasteiger partial charge is 0.242 e. The van der Waals surface area contributed by atoms with E-state index in [1.807, 2.05) is 31.1 Å². The van der Waals surface area contributed by atoms with E-state index in [1.165, 1.54) is 4.31 Å². The van der Waals surface area contributed by atoms with Crippen LogP contribution in [-0.4, -0.2) is 64.9 Å². The minimum atomic E-state index is -3.39. The van der Waals surface area contributed by atoms with Crippen molar-refractivity contribution in [2.45, 2.75) is 18.2 Å². The first-order valence-electron chi connectivity index (χ1n) is 7.28. The van der Waals surface area contributed by atoms with E-state index in [1.54, 1.807) is 19.2 Å². The molecule has 0 spiro atoms. The van der Waals surface area contributed by atoms with E-state index in [0.717, 1.165) is 25.1 Å². The molecule has 120 valence electrons. The first kappa shape index (κ1) is 18.1. The van der Waals surface area contributed by atoms with Crippen LogP contribution in [0.2, 0.25) is 0 Å². The Morgan fingerprint density at radius 2 is 1.67 bits per heavy atom. The van der Waals surface area contributed by atoms with Gasteiger partial charge in [0.15, 0.2) is 0 Å². The number of rotatable bonds is 9. The summed E-state index contributed by atoms with van der Waals surface area (Å²) in [4.78, 5) is 2.33. The van der Waals surface area contributed by atoms with Crippen molar-refractivity contribution in [1.29, 1.82) is 0 Å². The lowest BCUT2D eigenvalue weighted by molar-refractivity contribution is 0.358. The fourth-order valence-corrected chi connectivity index (χ4v) is 3.04. The second kappa shape index (κ2) is 8.48. The predicted molar refractivity (Wildman–Crippen MR) is 87.1 cm³/mol. The van der Waals surface area contributed by atoms with Crippen LogP contribution in [0.5, 0.6) is 0 Å². The topological polar surface area (TPSA) is 52.7 Å². The molecule has 0 saturated heterocycles. The predicted octanol–water partition coefficient (Wildman–Crippen LogP) is 1.02. The Bertz CT molecular complexity index is 512. The van der Waals surface area contributed by atoms with Gasteiger partial charge in [-0.3, -0.25) is 0 Å². The van der Waals surface area contributed by atoms with Gasteiger partial charge in [0.2, 0.25) is 10.0 Å². The lowest BCUT2D eigenvalue weighted by atomic mass is 10.1. The van der Waals surface area contributed by atoms with E-state index >= 15 is 0 Å². The Kier molecular flexibility index (Phi) is 7.31. The van der Waals surface area contributed by atoms with Crippen molar-refractivity contribution in [3.63, 3.8) is 0 Å². The Morgan fingerprint density at radius 1 is 1.05 bits per heavy atom. The van der Waals surface area contributed by atoms with Crippen LogP contribution in [0.3, 0.4) is 0 Å². The molecule has 0 atom stereocenters. The zero-order chi connectivity index (χ0) is 15.9. The average molecular weight is 313 g/mol. The van der Waals surface area contributed by atoms with Crippen LogP contribution < -0.4 is 5.32 Å². The molecule has 1 rings (SSSR count). The van der Waals surface area contributed by atoms with Crippen molar-refractivity contribution in [2.75, 3.05) is 47.3 Å². The molecule has 0 bridgehead atoms. The Labute approximate surface area is 129 Å². The summed E-state index contributed by atoms with van der Waals surface area (Å²) in [5.74, 6) is 0. The summed E-state index contributed by atoms with van der Waals surface area (Å²) in [6, 6.07) is 7.18. The largest absolute Gasteiger partial charge is 0.317 e. The van der Waals surface area contributed by atoms with Gasteiger partial charge in [0.05, 0.1) is 4.90 Å². The molecular weight excluding hydrogens is 286 g/mol. The lowest BCUT2D eigenvalue weighted by Crippen LogP contribution is -2.33. The number of nitrogens with one attached hydrogen (secondary N) is 1. The van der Waals surface area contributed by atoms with Gasteiger partial charge in [-0.15, -0.1) is 0 Å². The second-order valence-corrected chi connectivity index (χ2v) is 7.42. The van der Waals surface area contributed by atoms with Crippen LogP contribution in [-0.2, 0) is 16.4 Å². The Morgan fingerprint density at radius 3 is 2.19 bits per heavy atom. The highest BCUT2D eigenvalue weighted by Crippen LogP contribution is 2.15. The van der Waals surface area contributed by atoms with Crippen LogP contribution in [0.4, 0.5) is 0 Å². The quantitative estimate of drug-likeness (QED) is 0.692. The Balaban J connectivity index is 2.70. The van der Waals surface area contributed by atoms with Crippen LogP contribution in [0.1, 0.15) is 12.5 Å². The standard InChI is InChI=1S/C15H27N3O2S/c1-5-16-11-10-14-6-8-15(9-7-14)21(19,20)18(4)13-12-17(2)3/h6-9,16H,5,10-13H2,1-4H3. The highest BCUT2D eigenvalue weighted by Gasteiger charge is 2.20. The summed E-state index contributed by atoms with van der Waals surface area (Å²) in [5, 5.41) is 3.26. The molecule has 0 aromatic heterocycles. The minimum absolute atomic E-state index is 0.357. The van der Waals surface area contributed by atoms with Gasteiger partial charge in [-0.05, 0) is 51.3 Å². The lowest BCUT2D eigenvalue weighted by Gasteiger charge is -2.19. The monoisotopic (exact) mass is 313 g/mol. The van der Waals surface area contributed by atoms with Crippen molar-refractivity contribution in [3.05, 3.63) is 29.8 Å². The van der Waals surface area contributed by atoms with Gasteiger partial charge in [0.1, 0.15) is 0 Å². The highest BCUT2D eigenvalue weighted by atomic mass is 32.2. The molecule has 21 heavy (non-hydrogen) atoms. The normalized spacial score (nSPS) is 12.3. The molecule has 1 aromatic carbocycles. The van der Waals surface area contributed by atoms with Crippen molar-refractivity contribution < 1.29 is 8.42 Å². The maximum atomic E-state index is 12.4. The summed E-state index contributed by atoms with van der Waals surface area (Å²) in [7, 11) is 2.10. The van der Waals surface area contributed by atoms with Crippen molar-refractivity contribution in [3.8, 4) is 0 Å². The zero-order valence-electron chi connectivity index (χ0n) is 13.5. The number of nitrogens with zero attached hydrogens (tertiary/aromatic N) is 2. The summed E-state index contributed by atoms with van der Waals surface area (Å²) in [6.45, 7) is 5.11. The Hall–Kier alpha value is -0.950. The van der Waals surface area contributed by atoms with Crippen LogP contribution in [0.15, 0.2) is 29.2 Å². The van der Waals surface area contributed by atoms with Crippen LogP contribution >= 0.6 is 0 Å². The first-order valence-corrected chi connectivity index (χ1v) is 8.72. The molecule has 0 saturated carbocycles. The van der Waals surface area contributed by atoms with Gasteiger partial charge in [0, 0.05) is 20.1 Å². The van der Waals surface area contributed by atoms with Crippen molar-refractivity contribution >= 4 is 10.0 Å². The third kappa shape index (κ3) is 5.74. The molecule has 0 amide bonds. The number of hydrogen-bond acceptors (Lipinski definition) is 4. The SMILES string of the molecule is CCNCCc1ccc(S(=O)(=O)N(C)CCN(C)C)cc1. The number of hydrogen-bond donors (Lipinski definition) is 1. The van der Waals surface area contributed by atoms with Crippen LogP contribution in [0.25, 0.3) is 0 Å². The summed E-state index contributed by atoms with van der Waals surface area (Å²) in [6.07, 6.45) is 0.907. The highest BCUT2D eigenvalue weighted by molar-refractivity contribution is 7.89. The molecule has 0 unspecified atom stereocenters. The molecular formula is C15H27N3O2S. The van der Waals surface area contributed by atoms with Gasteiger partial charge in [-0.2, -0.15) is 4.31 Å². The fourth-order valence-electron chi connectivity index (χ4n) is 1.88. The number of sulfonamides is 1. The molecule has 0 fully saturated rings. The summed E-state index contributed by atoms with van der Waals surface area (Å²) in [5.41, 5.74) is 1.14. The molecule has 0 aliphatic heterocycles. The van der Waals surface area contributed by atoms with Crippen molar-refractivity contribution in [2.24, 2.45) is 0 Å². The van der Waals surface area contributed by atoms with Crippen molar-refractivity contribution in [1.82, 2.24) is 14.5 Å². The maximum Gasteiger partial charge on any atom is 0.242 e. The third-order valence-electron chi connectivity index (χ3n) is 3.33. The van der Waals surface area contributed by atoms with E-state index in [4.69, 9.17) is 0 Å². The van der Waals surface area contributed by atoms with Gasteiger partial charge < -0.3 is 10.2 Å². The number of likely N-dealkylation sites (N-methyl/N-ethyl adjacent to an activating group) is 3. The summed E-state index contributed by atoms with van der Waals surface area (Å²) < 4.78 is 26.2. The average Bonchev–Trinajstić information content (AvgIpc) is 2.45. The third-order valence-corrected chi connectivity index (χ3v) is 5.21. The van der Waals surface area contributed by atoms with Gasteiger partial charge in [-0.1, -0.05) is 19.1 Å². The molecule has 0 heterocycles. The first-order chi connectivity index (χ1) is 9.87.